The number of unbranched alkanes of at least 4 members (excludes halogenated alkanes) is 59. The average molecular weight is 1510 g/mol. The van der Waals surface area contributed by atoms with Crippen LogP contribution in [0.2, 0.25) is 0 Å². The van der Waals surface area contributed by atoms with Gasteiger partial charge in [-0.2, -0.15) is 0 Å². The summed E-state index contributed by atoms with van der Waals surface area (Å²) in [6.45, 7) is 5.05. The van der Waals surface area contributed by atoms with Crippen molar-refractivity contribution < 1.29 is 80.2 Å². The number of rotatable bonds is 85. The Morgan fingerprint density at radius 1 is 0.233 bits per heavy atom. The zero-order chi connectivity index (χ0) is 75.3. The summed E-state index contributed by atoms with van der Waals surface area (Å²) >= 11 is 0. The first kappa shape index (κ1) is 101. The highest BCUT2D eigenvalue weighted by Gasteiger charge is 2.30. The van der Waals surface area contributed by atoms with Gasteiger partial charge in [0.15, 0.2) is 12.2 Å². The number of ether oxygens (including phenoxy) is 4. The van der Waals surface area contributed by atoms with Crippen molar-refractivity contribution in [3.8, 4) is 0 Å². The summed E-state index contributed by atoms with van der Waals surface area (Å²) in [6.07, 6.45) is 72.1. The SMILES string of the molecule is CCCCCCCCCCCCCCCCCCCCCCCC(=O)O[C@H](COC(=O)CCCCCCCCCCCCCCCCCC)COP(=O)(O)OC[C@@H](O)COP(=O)(O)OC[C@@H](COC(=O)CCCCCCCCCCCCC)OC(=O)CCCCCCCCCCCCCCCCC. The molecular weight excluding hydrogens is 1340 g/mol. The fourth-order valence-electron chi connectivity index (χ4n) is 13.2. The predicted octanol–water partition coefficient (Wildman–Crippen LogP) is 25.7. The molecule has 0 rings (SSSR count). The third-order valence-corrected chi connectivity index (χ3v) is 21.8. The lowest BCUT2D eigenvalue weighted by atomic mass is 10.0. The molecule has 0 aromatic heterocycles. The summed E-state index contributed by atoms with van der Waals surface area (Å²) in [5.41, 5.74) is 0. The maximum absolute atomic E-state index is 13.1. The van der Waals surface area contributed by atoms with Gasteiger partial charge in [0.1, 0.15) is 19.3 Å². The van der Waals surface area contributed by atoms with Gasteiger partial charge in [0, 0.05) is 25.7 Å². The lowest BCUT2D eigenvalue weighted by molar-refractivity contribution is -0.161. The van der Waals surface area contributed by atoms with E-state index in [0.29, 0.717) is 25.7 Å². The molecule has 0 spiro atoms. The Balaban J connectivity index is 5.23. The molecule has 0 amide bonds. The number of phosphoric ester groups is 2. The third-order valence-electron chi connectivity index (χ3n) is 19.9. The van der Waals surface area contributed by atoms with Crippen LogP contribution in [0.1, 0.15) is 458 Å². The van der Waals surface area contributed by atoms with E-state index in [1.165, 1.54) is 289 Å². The molecule has 0 saturated heterocycles. The summed E-state index contributed by atoms with van der Waals surface area (Å²) in [5.74, 6) is -2.10. The van der Waals surface area contributed by atoms with E-state index in [4.69, 9.17) is 37.0 Å². The van der Waals surface area contributed by atoms with Gasteiger partial charge in [-0.05, 0) is 25.7 Å². The fraction of sp³-hybridized carbons (Fsp3) is 0.952. The van der Waals surface area contributed by atoms with E-state index in [-0.39, 0.29) is 25.7 Å². The summed E-state index contributed by atoms with van der Waals surface area (Å²) in [7, 11) is -9.92. The minimum absolute atomic E-state index is 0.109. The molecule has 0 aromatic carbocycles. The van der Waals surface area contributed by atoms with Crippen LogP contribution < -0.4 is 0 Å². The van der Waals surface area contributed by atoms with Crippen molar-refractivity contribution >= 4 is 39.5 Å². The first-order chi connectivity index (χ1) is 50.2. The Kier molecular flexibility index (Phi) is 76.7. The van der Waals surface area contributed by atoms with Gasteiger partial charge in [-0.3, -0.25) is 37.3 Å². The van der Waals surface area contributed by atoms with E-state index in [2.05, 4.69) is 27.7 Å². The molecule has 3 N–H and O–H groups in total. The highest BCUT2D eigenvalue weighted by atomic mass is 31.2. The lowest BCUT2D eigenvalue weighted by Gasteiger charge is -2.21. The minimum Gasteiger partial charge on any atom is -0.462 e. The zero-order valence-electron chi connectivity index (χ0n) is 67.3. The van der Waals surface area contributed by atoms with E-state index in [9.17, 15) is 43.2 Å². The largest absolute Gasteiger partial charge is 0.472 e. The van der Waals surface area contributed by atoms with Crippen molar-refractivity contribution in [2.24, 2.45) is 0 Å². The van der Waals surface area contributed by atoms with Crippen LogP contribution in [0.4, 0.5) is 0 Å². The number of hydrogen-bond acceptors (Lipinski definition) is 15. The highest BCUT2D eigenvalue weighted by Crippen LogP contribution is 2.45. The number of carbonyl (C=O) groups is 4. The van der Waals surface area contributed by atoms with Gasteiger partial charge in [-0.25, -0.2) is 9.13 Å². The smallest absolute Gasteiger partial charge is 0.462 e. The van der Waals surface area contributed by atoms with Crippen molar-refractivity contribution in [3.05, 3.63) is 0 Å². The minimum atomic E-state index is -4.96. The first-order valence-electron chi connectivity index (χ1n) is 43.8. The molecule has 5 atom stereocenters. The molecule has 19 heteroatoms. The van der Waals surface area contributed by atoms with Gasteiger partial charge < -0.3 is 33.8 Å². The van der Waals surface area contributed by atoms with Crippen LogP contribution in [0.5, 0.6) is 0 Å². The molecule has 0 heterocycles. The summed E-state index contributed by atoms with van der Waals surface area (Å²) in [6, 6.07) is 0. The number of esters is 4. The first-order valence-corrected chi connectivity index (χ1v) is 46.8. The van der Waals surface area contributed by atoms with Crippen LogP contribution in [0, 0.1) is 0 Å². The van der Waals surface area contributed by atoms with Gasteiger partial charge >= 0.3 is 39.5 Å². The number of aliphatic hydroxyl groups is 1. The van der Waals surface area contributed by atoms with Crippen LogP contribution in [0.25, 0.3) is 0 Å². The normalized spacial score (nSPS) is 13.7. The molecule has 0 fully saturated rings. The zero-order valence-corrected chi connectivity index (χ0v) is 69.1. The number of phosphoric acid groups is 2. The number of hydrogen-bond donors (Lipinski definition) is 3. The van der Waals surface area contributed by atoms with Crippen LogP contribution in [-0.2, 0) is 65.4 Å². The molecule has 2 unspecified atom stereocenters. The van der Waals surface area contributed by atoms with Crippen molar-refractivity contribution in [1.82, 2.24) is 0 Å². The monoisotopic (exact) mass is 1510 g/mol. The Hall–Kier alpha value is -1.94. The second-order valence-corrected chi connectivity index (χ2v) is 33.1. The molecule has 612 valence electrons. The number of carbonyl (C=O) groups excluding carboxylic acids is 4. The molecule has 0 aromatic rings. The van der Waals surface area contributed by atoms with Gasteiger partial charge in [0.05, 0.1) is 26.4 Å². The molecule has 103 heavy (non-hydrogen) atoms. The van der Waals surface area contributed by atoms with Crippen LogP contribution in [0.15, 0.2) is 0 Å². The summed E-state index contributed by atoms with van der Waals surface area (Å²) < 4.78 is 68.8. The Bertz CT molecular complexity index is 1950. The lowest BCUT2D eigenvalue weighted by Crippen LogP contribution is -2.30. The maximum atomic E-state index is 13.1. The van der Waals surface area contributed by atoms with E-state index < -0.39 is 97.5 Å². The Morgan fingerprint density at radius 3 is 0.573 bits per heavy atom. The molecule has 0 bridgehead atoms. The number of aliphatic hydroxyl groups excluding tert-OH is 1. The molecule has 17 nitrogen and oxygen atoms in total. The molecule has 0 aliphatic carbocycles. The predicted molar refractivity (Wildman–Crippen MR) is 423 cm³/mol. The van der Waals surface area contributed by atoms with Crippen LogP contribution >= 0.6 is 15.6 Å². The molecular formula is C84H164O17P2. The molecule has 0 radical (unpaired) electrons. The van der Waals surface area contributed by atoms with Gasteiger partial charge in [-0.15, -0.1) is 0 Å². The van der Waals surface area contributed by atoms with Crippen molar-refractivity contribution in [3.63, 3.8) is 0 Å². The van der Waals surface area contributed by atoms with Crippen molar-refractivity contribution in [1.29, 1.82) is 0 Å². The third kappa shape index (κ3) is 78.0. The van der Waals surface area contributed by atoms with E-state index in [1.807, 2.05) is 0 Å². The molecule has 0 aliphatic rings. The maximum Gasteiger partial charge on any atom is 0.472 e. The van der Waals surface area contributed by atoms with Crippen LogP contribution in [0.3, 0.4) is 0 Å². The average Bonchev–Trinajstić information content (AvgIpc) is 0.919. The second-order valence-electron chi connectivity index (χ2n) is 30.2. The Morgan fingerprint density at radius 2 is 0.388 bits per heavy atom. The van der Waals surface area contributed by atoms with Crippen molar-refractivity contribution in [2.45, 2.75) is 476 Å². The molecule has 0 saturated carbocycles. The van der Waals surface area contributed by atoms with E-state index in [0.717, 1.165) is 89.9 Å². The van der Waals surface area contributed by atoms with Crippen molar-refractivity contribution in [2.75, 3.05) is 39.6 Å². The highest BCUT2D eigenvalue weighted by molar-refractivity contribution is 7.47. The summed E-state index contributed by atoms with van der Waals surface area (Å²) in [5, 5.41) is 10.7. The van der Waals surface area contributed by atoms with Gasteiger partial charge in [-0.1, -0.05) is 407 Å². The quantitative estimate of drug-likeness (QED) is 0.0222. The van der Waals surface area contributed by atoms with Gasteiger partial charge in [0.2, 0.25) is 0 Å². The summed E-state index contributed by atoms with van der Waals surface area (Å²) in [4.78, 5) is 73.1. The van der Waals surface area contributed by atoms with Crippen LogP contribution in [-0.4, -0.2) is 96.7 Å². The topological polar surface area (TPSA) is 237 Å². The van der Waals surface area contributed by atoms with E-state index in [1.54, 1.807) is 0 Å². The fourth-order valence-corrected chi connectivity index (χ4v) is 14.7. The second kappa shape index (κ2) is 78.2. The standard InChI is InChI=1S/C84H164O17P2/c1-5-9-13-17-21-25-29-32-35-37-38-39-40-41-44-47-51-55-59-63-67-71-84(89)101-80(75-95-82(87)69-65-61-57-53-49-45-43-36-33-30-26-22-18-14-10-6-2)77-99-103(92,93)97-73-78(85)72-96-102(90,91)98-76-79(74-94-81(86)68-64-60-56-52-48-28-24-20-16-12-8-4)100-83(88)70-66-62-58-54-50-46-42-34-31-27-23-19-15-11-7-3/h78-80,85H,5-77H2,1-4H3,(H,90,91)(H,92,93)/t78-,79+,80+/m0/s1. The van der Waals surface area contributed by atoms with Gasteiger partial charge in [0.25, 0.3) is 0 Å². The van der Waals surface area contributed by atoms with E-state index >= 15 is 0 Å². The Labute approximate surface area is 632 Å². The molecule has 0 aliphatic heterocycles.